The molecular formula is C18H27N4O6PS. The van der Waals surface area contributed by atoms with E-state index in [1.165, 1.54) is 11.1 Å². The molecule has 0 bridgehead atoms. The summed E-state index contributed by atoms with van der Waals surface area (Å²) in [5.74, 6) is 0.735. The highest BCUT2D eigenvalue weighted by Gasteiger charge is 2.19. The lowest BCUT2D eigenvalue weighted by molar-refractivity contribution is -0.117. The van der Waals surface area contributed by atoms with Gasteiger partial charge in [0.05, 0.1) is 13.2 Å². The summed E-state index contributed by atoms with van der Waals surface area (Å²) >= 11 is 0.925. The van der Waals surface area contributed by atoms with Gasteiger partial charge in [-0.3, -0.25) is 14.1 Å². The Hall–Kier alpha value is -2.04. The number of carbonyl (C=O) groups is 2. The lowest BCUT2D eigenvalue weighted by Crippen LogP contribution is -2.22. The van der Waals surface area contributed by atoms with Gasteiger partial charge < -0.3 is 20.4 Å². The number of phosphoric acid groups is 1. The molecule has 0 aromatic carbocycles. The fraction of sp³-hybridized carbons (Fsp3) is 0.444. The number of amides is 1. The van der Waals surface area contributed by atoms with Gasteiger partial charge in [0, 0.05) is 35.2 Å². The van der Waals surface area contributed by atoms with Crippen LogP contribution in [0.25, 0.3) is 0 Å². The van der Waals surface area contributed by atoms with Crippen molar-refractivity contribution >= 4 is 36.9 Å². The lowest BCUT2D eigenvalue weighted by atomic mass is 10.2. The van der Waals surface area contributed by atoms with E-state index in [1.807, 2.05) is 0 Å². The van der Waals surface area contributed by atoms with Crippen LogP contribution < -0.4 is 5.73 Å². The number of nitrogens with two attached hydrogens (primary N) is 1. The van der Waals surface area contributed by atoms with Gasteiger partial charge in [-0.05, 0) is 26.7 Å². The van der Waals surface area contributed by atoms with E-state index in [-0.39, 0.29) is 30.5 Å². The number of hydrogen-bond acceptors (Lipinski definition) is 8. The van der Waals surface area contributed by atoms with E-state index in [0.29, 0.717) is 47.7 Å². The maximum Gasteiger partial charge on any atom is 0.469 e. The zero-order valence-electron chi connectivity index (χ0n) is 17.0. The summed E-state index contributed by atoms with van der Waals surface area (Å²) in [6, 6.07) is 0. The van der Waals surface area contributed by atoms with E-state index < -0.39 is 7.82 Å². The van der Waals surface area contributed by atoms with Gasteiger partial charge in [-0.2, -0.15) is 0 Å². The number of aryl methyl sites for hydroxylation is 1. The van der Waals surface area contributed by atoms with Crippen LogP contribution in [-0.4, -0.2) is 42.8 Å². The van der Waals surface area contributed by atoms with Crippen LogP contribution >= 0.6 is 19.6 Å². The minimum Gasteiger partial charge on any atom is -0.383 e. The number of rotatable bonds is 13. The first-order valence-corrected chi connectivity index (χ1v) is 11.4. The molecule has 0 spiro atoms. The quantitative estimate of drug-likeness (QED) is 0.174. The molecule has 0 aliphatic carbocycles. The highest BCUT2D eigenvalue weighted by molar-refractivity contribution is 8.16. The maximum absolute atomic E-state index is 12.3. The van der Waals surface area contributed by atoms with E-state index in [0.717, 1.165) is 11.8 Å². The molecular weight excluding hydrogens is 431 g/mol. The average molecular weight is 458 g/mol. The van der Waals surface area contributed by atoms with Crippen molar-refractivity contribution in [2.75, 3.05) is 12.3 Å². The summed E-state index contributed by atoms with van der Waals surface area (Å²) in [6.45, 7) is 6.71. The summed E-state index contributed by atoms with van der Waals surface area (Å²) in [5, 5.41) is -0.133. The Morgan fingerprint density at radius 1 is 1.43 bits per heavy atom. The Labute approximate surface area is 179 Å². The van der Waals surface area contributed by atoms with Crippen LogP contribution in [0, 0.1) is 6.92 Å². The molecule has 0 aliphatic heterocycles. The molecule has 10 nitrogen and oxygen atoms in total. The molecule has 0 saturated heterocycles. The first-order chi connectivity index (χ1) is 14.1. The number of aromatic nitrogens is 2. The third-order valence-electron chi connectivity index (χ3n) is 3.94. The second kappa shape index (κ2) is 12.6. The normalized spacial score (nSPS) is 12.3. The van der Waals surface area contributed by atoms with E-state index >= 15 is 0 Å². The summed E-state index contributed by atoms with van der Waals surface area (Å²) < 4.78 is 15.5. The number of anilines is 1. The highest BCUT2D eigenvalue weighted by Crippen LogP contribution is 2.37. The third kappa shape index (κ3) is 9.64. The lowest BCUT2D eigenvalue weighted by Gasteiger charge is -2.22. The van der Waals surface area contributed by atoms with Gasteiger partial charge in [-0.1, -0.05) is 17.8 Å². The molecule has 0 fully saturated rings. The Morgan fingerprint density at radius 3 is 2.70 bits per heavy atom. The van der Waals surface area contributed by atoms with Gasteiger partial charge in [-0.25, -0.2) is 14.5 Å². The number of phosphoric ester groups is 1. The number of thioether (sulfide) groups is 1. The highest BCUT2D eigenvalue weighted by atomic mass is 32.2. The zero-order valence-corrected chi connectivity index (χ0v) is 18.7. The Bertz CT molecular complexity index is 842. The predicted molar refractivity (Wildman–Crippen MR) is 115 cm³/mol. The van der Waals surface area contributed by atoms with Crippen LogP contribution in [0.4, 0.5) is 5.82 Å². The summed E-state index contributed by atoms with van der Waals surface area (Å²) in [5.41, 5.74) is 6.87. The van der Waals surface area contributed by atoms with Gasteiger partial charge >= 0.3 is 7.82 Å². The molecule has 1 aromatic rings. The van der Waals surface area contributed by atoms with Gasteiger partial charge in [0.15, 0.2) is 5.12 Å². The SMILES string of the molecule is C=CCCCC(=O)SC(CCOP(=O)(O)O)=C(C)N(C=O)Cc1cnc(C)nc1N. The molecule has 1 amide bonds. The van der Waals surface area contributed by atoms with Crippen LogP contribution in [0.3, 0.4) is 0 Å². The Morgan fingerprint density at radius 2 is 2.13 bits per heavy atom. The third-order valence-corrected chi connectivity index (χ3v) is 5.63. The molecule has 12 heteroatoms. The standard InChI is InChI=1S/C18H27N4O6PS/c1-4-5-6-7-17(24)30-16(8-9-28-29(25,26)27)13(2)22(12-23)11-15-10-20-14(3)21-18(15)19/h4,10,12H,1,5-9,11H2,2-3H3,(H2,19,20,21)(H2,25,26,27). The second-order valence-corrected chi connectivity index (χ2v) is 8.69. The molecule has 0 aliphatic rings. The van der Waals surface area contributed by atoms with E-state index in [4.69, 9.17) is 15.5 Å². The van der Waals surface area contributed by atoms with Crippen LogP contribution in [0.1, 0.15) is 44.0 Å². The van der Waals surface area contributed by atoms with Gasteiger partial charge in [-0.15, -0.1) is 6.58 Å². The van der Waals surface area contributed by atoms with Crippen molar-refractivity contribution in [3.63, 3.8) is 0 Å². The van der Waals surface area contributed by atoms with Crippen LogP contribution in [0.2, 0.25) is 0 Å². The molecule has 4 N–H and O–H groups in total. The molecule has 1 aromatic heterocycles. The number of carbonyl (C=O) groups excluding carboxylic acids is 2. The fourth-order valence-electron chi connectivity index (χ4n) is 2.36. The molecule has 0 atom stereocenters. The second-order valence-electron chi connectivity index (χ2n) is 6.30. The van der Waals surface area contributed by atoms with Crippen molar-refractivity contribution in [3.05, 3.63) is 40.8 Å². The van der Waals surface area contributed by atoms with E-state index in [2.05, 4.69) is 21.1 Å². The first-order valence-electron chi connectivity index (χ1n) is 9.08. The van der Waals surface area contributed by atoms with Crippen LogP contribution in [0.5, 0.6) is 0 Å². The van der Waals surface area contributed by atoms with E-state index in [9.17, 15) is 14.2 Å². The Balaban J connectivity index is 3.05. The number of nitrogen functional groups attached to an aromatic ring is 1. The van der Waals surface area contributed by atoms with Gasteiger partial charge in [0.2, 0.25) is 6.41 Å². The van der Waals surface area contributed by atoms with Crippen LogP contribution in [-0.2, 0) is 25.2 Å². The molecule has 166 valence electrons. The maximum atomic E-state index is 12.3. The molecule has 1 heterocycles. The predicted octanol–water partition coefficient (Wildman–Crippen LogP) is 2.67. The molecule has 30 heavy (non-hydrogen) atoms. The number of unbranched alkanes of at least 4 members (excludes halogenated alkanes) is 1. The fourth-order valence-corrected chi connectivity index (χ4v) is 3.66. The number of hydrogen-bond donors (Lipinski definition) is 3. The van der Waals surface area contributed by atoms with Crippen molar-refractivity contribution in [1.82, 2.24) is 14.9 Å². The van der Waals surface area contributed by atoms with Crippen molar-refractivity contribution in [2.45, 2.75) is 46.1 Å². The monoisotopic (exact) mass is 458 g/mol. The molecule has 0 saturated carbocycles. The summed E-state index contributed by atoms with van der Waals surface area (Å²) in [7, 11) is -4.65. The van der Waals surface area contributed by atoms with Crippen molar-refractivity contribution in [2.24, 2.45) is 0 Å². The number of allylic oxidation sites excluding steroid dienone is 2. The van der Waals surface area contributed by atoms with Gasteiger partial charge in [0.1, 0.15) is 11.6 Å². The molecule has 0 radical (unpaired) electrons. The van der Waals surface area contributed by atoms with Crippen molar-refractivity contribution < 1.29 is 28.5 Å². The zero-order chi connectivity index (χ0) is 22.7. The summed E-state index contributed by atoms with van der Waals surface area (Å²) in [4.78, 5) is 51.7. The van der Waals surface area contributed by atoms with Crippen molar-refractivity contribution in [3.8, 4) is 0 Å². The largest absolute Gasteiger partial charge is 0.469 e. The molecule has 1 rings (SSSR count). The Kier molecular flexibility index (Phi) is 10.9. The van der Waals surface area contributed by atoms with Gasteiger partial charge in [0.25, 0.3) is 0 Å². The molecule has 0 unspecified atom stereocenters. The minimum atomic E-state index is -4.65. The summed E-state index contributed by atoms with van der Waals surface area (Å²) in [6.07, 6.45) is 5.49. The number of nitrogens with zero attached hydrogens (tertiary/aromatic N) is 3. The van der Waals surface area contributed by atoms with Crippen LogP contribution in [0.15, 0.2) is 29.5 Å². The van der Waals surface area contributed by atoms with E-state index in [1.54, 1.807) is 19.9 Å². The first kappa shape index (κ1) is 26.0. The van der Waals surface area contributed by atoms with Crippen molar-refractivity contribution in [1.29, 1.82) is 0 Å². The minimum absolute atomic E-state index is 0.0407. The topological polar surface area (TPSA) is 156 Å². The smallest absolute Gasteiger partial charge is 0.383 e. The average Bonchev–Trinajstić information content (AvgIpc) is 2.65.